The molecule has 9 nitrogen and oxygen atoms in total. The Balaban J connectivity index is 1.75. The number of hydrogen-bond acceptors (Lipinski definition) is 7. The lowest BCUT2D eigenvalue weighted by Gasteiger charge is -2.22. The molecule has 0 aliphatic heterocycles. The van der Waals surface area contributed by atoms with Crippen LogP contribution in [-0.2, 0) is 0 Å². The molecule has 0 saturated heterocycles. The number of aromatic nitrogens is 4. The van der Waals surface area contributed by atoms with Gasteiger partial charge in [-0.2, -0.15) is 10.2 Å². The highest BCUT2D eigenvalue weighted by Crippen LogP contribution is 2.30. The topological polar surface area (TPSA) is 132 Å². The fourth-order valence-electron chi connectivity index (χ4n) is 4.72. The molecule has 194 valence electrons. The summed E-state index contributed by atoms with van der Waals surface area (Å²) in [4.78, 5) is 34.8. The van der Waals surface area contributed by atoms with Gasteiger partial charge in [-0.1, -0.05) is 36.4 Å². The van der Waals surface area contributed by atoms with E-state index in [1.54, 1.807) is 21.4 Å². The SMILES string of the molecule is CC(Nc1nc(N)ncc1C#N)c1cc2cccc(-c3ccc(=O)n(C(C)C)c3)c2c(=O)n1-c1ccccc1. The minimum absolute atomic E-state index is 0.0268. The van der Waals surface area contributed by atoms with Gasteiger partial charge in [-0.05, 0) is 61.5 Å². The number of fused-ring (bicyclic) bond motifs is 1. The lowest BCUT2D eigenvalue weighted by atomic mass is 9.98. The molecule has 0 aliphatic carbocycles. The number of hydrogen-bond donors (Lipinski definition) is 2. The van der Waals surface area contributed by atoms with Crippen LogP contribution in [0.25, 0.3) is 27.6 Å². The van der Waals surface area contributed by atoms with Gasteiger partial charge in [0.15, 0.2) is 0 Å². The van der Waals surface area contributed by atoms with Gasteiger partial charge in [0, 0.05) is 29.7 Å². The second-order valence-electron chi connectivity index (χ2n) is 9.54. The van der Waals surface area contributed by atoms with Crippen LogP contribution in [0, 0.1) is 11.3 Å². The summed E-state index contributed by atoms with van der Waals surface area (Å²) in [5.74, 6) is 0.324. The number of nitrogens with one attached hydrogen (secondary N) is 1. The Hall–Kier alpha value is -5.23. The molecular formula is C30H27N7O2. The van der Waals surface area contributed by atoms with Crippen LogP contribution in [0.2, 0.25) is 0 Å². The number of nitrogens with zero attached hydrogens (tertiary/aromatic N) is 5. The molecule has 39 heavy (non-hydrogen) atoms. The standard InChI is InChI=1S/C30H27N7O2/c1-18(2)36-17-21(12-13-26(36)38)24-11-7-8-20-14-25(19(3)34-28-22(15-31)16-33-30(32)35-28)37(29(39)27(20)24)23-9-5-4-6-10-23/h4-14,16-19H,1-3H3,(H3,32,33,34,35). The molecule has 2 aromatic carbocycles. The van der Waals surface area contributed by atoms with Crippen molar-refractivity contribution in [1.82, 2.24) is 19.1 Å². The minimum Gasteiger partial charge on any atom is -0.368 e. The van der Waals surface area contributed by atoms with Gasteiger partial charge in [0.25, 0.3) is 11.1 Å². The summed E-state index contributed by atoms with van der Waals surface area (Å²) in [5, 5.41) is 14.1. The molecule has 0 saturated carbocycles. The molecular weight excluding hydrogens is 490 g/mol. The fourth-order valence-corrected chi connectivity index (χ4v) is 4.72. The van der Waals surface area contributed by atoms with E-state index in [9.17, 15) is 14.9 Å². The Kier molecular flexibility index (Phi) is 6.69. The van der Waals surface area contributed by atoms with E-state index >= 15 is 0 Å². The van der Waals surface area contributed by atoms with Crippen LogP contribution in [0.4, 0.5) is 11.8 Å². The Morgan fingerprint density at radius 3 is 2.49 bits per heavy atom. The normalized spacial score (nSPS) is 11.9. The molecule has 0 amide bonds. The summed E-state index contributed by atoms with van der Waals surface area (Å²) in [6.45, 7) is 5.78. The number of nitrogens with two attached hydrogens (primary N) is 1. The monoisotopic (exact) mass is 517 g/mol. The molecule has 0 aliphatic rings. The van der Waals surface area contributed by atoms with Crippen LogP contribution < -0.4 is 22.2 Å². The van der Waals surface area contributed by atoms with Crippen molar-refractivity contribution in [3.05, 3.63) is 111 Å². The number of pyridine rings is 2. The fraction of sp³-hybridized carbons (Fsp3) is 0.167. The number of benzene rings is 2. The first-order valence-electron chi connectivity index (χ1n) is 12.5. The van der Waals surface area contributed by atoms with Gasteiger partial charge >= 0.3 is 0 Å². The molecule has 5 aromatic rings. The van der Waals surface area contributed by atoms with Gasteiger partial charge in [0.1, 0.15) is 17.5 Å². The maximum absolute atomic E-state index is 14.3. The van der Waals surface area contributed by atoms with Gasteiger partial charge in [-0.15, -0.1) is 0 Å². The summed E-state index contributed by atoms with van der Waals surface area (Å²) in [5.41, 5.74) is 8.59. The molecule has 0 bridgehead atoms. The van der Waals surface area contributed by atoms with Gasteiger partial charge in [0.2, 0.25) is 5.95 Å². The maximum Gasteiger partial charge on any atom is 0.263 e. The molecule has 5 rings (SSSR count). The zero-order chi connectivity index (χ0) is 27.7. The average Bonchev–Trinajstić information content (AvgIpc) is 2.93. The predicted molar refractivity (Wildman–Crippen MR) is 153 cm³/mol. The van der Waals surface area contributed by atoms with Crippen molar-refractivity contribution < 1.29 is 0 Å². The average molecular weight is 518 g/mol. The van der Waals surface area contributed by atoms with Crippen LogP contribution in [-0.4, -0.2) is 19.1 Å². The first kappa shape index (κ1) is 25.4. The van der Waals surface area contributed by atoms with Crippen molar-refractivity contribution in [3.8, 4) is 22.9 Å². The Labute approximate surface area is 224 Å². The van der Waals surface area contributed by atoms with Crippen LogP contribution in [0.1, 0.15) is 44.1 Å². The molecule has 0 radical (unpaired) electrons. The highest BCUT2D eigenvalue weighted by atomic mass is 16.1. The summed E-state index contributed by atoms with van der Waals surface area (Å²) in [7, 11) is 0. The molecule has 0 spiro atoms. The van der Waals surface area contributed by atoms with Crippen molar-refractivity contribution in [3.63, 3.8) is 0 Å². The van der Waals surface area contributed by atoms with E-state index in [0.29, 0.717) is 16.8 Å². The van der Waals surface area contributed by atoms with E-state index in [1.807, 2.05) is 75.4 Å². The van der Waals surface area contributed by atoms with Gasteiger partial charge in [0.05, 0.1) is 17.6 Å². The Morgan fingerprint density at radius 2 is 1.77 bits per heavy atom. The van der Waals surface area contributed by atoms with Crippen LogP contribution in [0.15, 0.2) is 88.7 Å². The number of nitriles is 1. The largest absolute Gasteiger partial charge is 0.368 e. The number of nitrogen functional groups attached to an aromatic ring is 1. The zero-order valence-corrected chi connectivity index (χ0v) is 21.8. The molecule has 3 N–H and O–H groups in total. The van der Waals surface area contributed by atoms with E-state index in [4.69, 9.17) is 5.73 Å². The smallest absolute Gasteiger partial charge is 0.263 e. The van der Waals surface area contributed by atoms with E-state index in [0.717, 1.165) is 16.5 Å². The van der Waals surface area contributed by atoms with Crippen LogP contribution in [0.3, 0.4) is 0 Å². The third kappa shape index (κ3) is 4.76. The van der Waals surface area contributed by atoms with Gasteiger partial charge in [-0.3, -0.25) is 14.2 Å². The highest BCUT2D eigenvalue weighted by Gasteiger charge is 2.20. The van der Waals surface area contributed by atoms with Gasteiger partial charge in [-0.25, -0.2) is 4.98 Å². The molecule has 0 fully saturated rings. The Morgan fingerprint density at radius 1 is 1.00 bits per heavy atom. The van der Waals surface area contributed by atoms with E-state index in [-0.39, 0.29) is 34.5 Å². The molecule has 1 atom stereocenters. The molecule has 9 heteroatoms. The molecule has 3 heterocycles. The lowest BCUT2D eigenvalue weighted by molar-refractivity contribution is 0.579. The lowest BCUT2D eigenvalue weighted by Crippen LogP contribution is -2.26. The minimum atomic E-state index is -0.435. The third-order valence-corrected chi connectivity index (χ3v) is 6.62. The van der Waals surface area contributed by atoms with Crippen molar-refractivity contribution >= 4 is 22.5 Å². The first-order valence-corrected chi connectivity index (χ1v) is 12.5. The third-order valence-electron chi connectivity index (χ3n) is 6.62. The quantitative estimate of drug-likeness (QED) is 0.330. The van der Waals surface area contributed by atoms with E-state index in [2.05, 4.69) is 21.4 Å². The van der Waals surface area contributed by atoms with Crippen molar-refractivity contribution in [2.75, 3.05) is 11.1 Å². The van der Waals surface area contributed by atoms with Crippen molar-refractivity contribution in [1.29, 1.82) is 5.26 Å². The van der Waals surface area contributed by atoms with E-state index in [1.165, 1.54) is 12.3 Å². The zero-order valence-electron chi connectivity index (χ0n) is 21.8. The van der Waals surface area contributed by atoms with E-state index < -0.39 is 6.04 Å². The highest BCUT2D eigenvalue weighted by molar-refractivity contribution is 5.96. The van der Waals surface area contributed by atoms with Gasteiger partial charge < -0.3 is 15.6 Å². The summed E-state index contributed by atoms with van der Waals surface area (Å²) >= 11 is 0. The summed E-state index contributed by atoms with van der Waals surface area (Å²) < 4.78 is 3.32. The second kappa shape index (κ2) is 10.3. The first-order chi connectivity index (χ1) is 18.8. The summed E-state index contributed by atoms with van der Waals surface area (Å²) in [6.07, 6.45) is 3.17. The summed E-state index contributed by atoms with van der Waals surface area (Å²) in [6, 6.07) is 21.9. The number of rotatable bonds is 6. The van der Waals surface area contributed by atoms with Crippen molar-refractivity contribution in [2.45, 2.75) is 32.9 Å². The second-order valence-corrected chi connectivity index (χ2v) is 9.54. The Bertz CT molecular complexity index is 1850. The molecule has 1 unspecified atom stereocenters. The number of anilines is 2. The van der Waals surface area contributed by atoms with Crippen LogP contribution in [0.5, 0.6) is 0 Å². The maximum atomic E-state index is 14.3. The predicted octanol–water partition coefficient (Wildman–Crippen LogP) is 4.82. The van der Waals surface area contributed by atoms with Crippen molar-refractivity contribution in [2.24, 2.45) is 0 Å². The molecule has 3 aromatic heterocycles. The van der Waals surface area contributed by atoms with Crippen LogP contribution >= 0.6 is 0 Å². The number of para-hydroxylation sites is 1.